The van der Waals surface area contributed by atoms with Crippen LogP contribution in [0.25, 0.3) is 0 Å². The molecule has 0 aliphatic heterocycles. The van der Waals surface area contributed by atoms with Crippen molar-refractivity contribution in [3.8, 4) is 0 Å². The van der Waals surface area contributed by atoms with Crippen LogP contribution in [0.3, 0.4) is 0 Å². The third-order valence-corrected chi connectivity index (χ3v) is 3.60. The second kappa shape index (κ2) is 6.98. The zero-order chi connectivity index (χ0) is 13.6. The Bertz CT molecular complexity index is 263. The number of rotatable bonds is 8. The molecule has 2 amide bonds. The molecule has 0 saturated heterocycles. The fourth-order valence-electron chi connectivity index (χ4n) is 2.39. The summed E-state index contributed by atoms with van der Waals surface area (Å²) in [5, 5.41) is 15.3. The molecule has 0 radical (unpaired) electrons. The first-order valence-corrected chi connectivity index (χ1v) is 7.17. The predicted octanol–water partition coefficient (Wildman–Crippen LogP) is 2.27. The van der Waals surface area contributed by atoms with Gasteiger partial charge in [0, 0.05) is 13.1 Å². The molecule has 0 bridgehead atoms. The van der Waals surface area contributed by atoms with E-state index >= 15 is 0 Å². The van der Waals surface area contributed by atoms with Gasteiger partial charge in [0.05, 0.1) is 6.10 Å². The molecular formula is C14H28N2O2. The second-order valence-electron chi connectivity index (χ2n) is 6.10. The summed E-state index contributed by atoms with van der Waals surface area (Å²) in [7, 11) is 0. The van der Waals surface area contributed by atoms with Gasteiger partial charge in [0.1, 0.15) is 0 Å². The molecule has 1 aliphatic rings. The third-order valence-electron chi connectivity index (χ3n) is 3.60. The molecule has 0 spiro atoms. The van der Waals surface area contributed by atoms with E-state index in [1.165, 1.54) is 25.7 Å². The van der Waals surface area contributed by atoms with Crippen LogP contribution in [-0.2, 0) is 0 Å². The van der Waals surface area contributed by atoms with Gasteiger partial charge in [0.25, 0.3) is 0 Å². The summed E-state index contributed by atoms with van der Waals surface area (Å²) in [6.45, 7) is 7.41. The van der Waals surface area contributed by atoms with Gasteiger partial charge in [-0.05, 0) is 37.0 Å². The fourth-order valence-corrected chi connectivity index (χ4v) is 2.39. The quantitative estimate of drug-likeness (QED) is 0.624. The highest BCUT2D eigenvalue weighted by molar-refractivity contribution is 5.73. The molecule has 1 atom stereocenters. The minimum absolute atomic E-state index is 0.153. The van der Waals surface area contributed by atoms with E-state index in [0.29, 0.717) is 17.9 Å². The minimum Gasteiger partial charge on any atom is -0.391 e. The maximum atomic E-state index is 11.6. The summed E-state index contributed by atoms with van der Waals surface area (Å²) in [6, 6.07) is -0.153. The molecule has 4 heteroatoms. The van der Waals surface area contributed by atoms with Crippen molar-refractivity contribution in [2.75, 3.05) is 13.1 Å². The van der Waals surface area contributed by atoms with Crippen LogP contribution in [-0.4, -0.2) is 30.3 Å². The summed E-state index contributed by atoms with van der Waals surface area (Å²) in [6.07, 6.45) is 5.12. The number of nitrogens with one attached hydrogen (secondary N) is 2. The van der Waals surface area contributed by atoms with E-state index < -0.39 is 6.10 Å². The summed E-state index contributed by atoms with van der Waals surface area (Å²) in [4.78, 5) is 11.6. The largest absolute Gasteiger partial charge is 0.391 e. The van der Waals surface area contributed by atoms with Crippen molar-refractivity contribution < 1.29 is 9.90 Å². The van der Waals surface area contributed by atoms with E-state index in [1.807, 2.05) is 0 Å². The van der Waals surface area contributed by atoms with Crippen LogP contribution in [0.5, 0.6) is 0 Å². The Balaban J connectivity index is 2.11. The Hall–Kier alpha value is -0.770. The van der Waals surface area contributed by atoms with Crippen LogP contribution >= 0.6 is 0 Å². The summed E-state index contributed by atoms with van der Waals surface area (Å²) >= 11 is 0. The van der Waals surface area contributed by atoms with Gasteiger partial charge in [-0.25, -0.2) is 4.79 Å². The zero-order valence-electron chi connectivity index (χ0n) is 12.0. The number of hydrogen-bond donors (Lipinski definition) is 3. The van der Waals surface area contributed by atoms with Gasteiger partial charge in [-0.2, -0.15) is 0 Å². The molecule has 1 fully saturated rings. The van der Waals surface area contributed by atoms with Gasteiger partial charge >= 0.3 is 6.03 Å². The van der Waals surface area contributed by atoms with Gasteiger partial charge in [-0.1, -0.05) is 27.2 Å². The van der Waals surface area contributed by atoms with Gasteiger partial charge in [-0.15, -0.1) is 0 Å². The lowest BCUT2D eigenvalue weighted by Crippen LogP contribution is -2.42. The fraction of sp³-hybridized carbons (Fsp3) is 0.929. The Morgan fingerprint density at radius 2 is 2.00 bits per heavy atom. The van der Waals surface area contributed by atoms with Gasteiger partial charge in [0.15, 0.2) is 0 Å². The first-order chi connectivity index (χ1) is 8.47. The van der Waals surface area contributed by atoms with Gasteiger partial charge in [-0.3, -0.25) is 0 Å². The predicted molar refractivity (Wildman–Crippen MR) is 73.4 cm³/mol. The lowest BCUT2D eigenvalue weighted by atomic mass is 10.0. The van der Waals surface area contributed by atoms with Gasteiger partial charge in [0.2, 0.25) is 0 Å². The maximum Gasteiger partial charge on any atom is 0.314 e. The topological polar surface area (TPSA) is 61.4 Å². The van der Waals surface area contributed by atoms with Gasteiger partial charge < -0.3 is 15.7 Å². The van der Waals surface area contributed by atoms with Crippen LogP contribution in [0.2, 0.25) is 0 Å². The summed E-state index contributed by atoms with van der Waals surface area (Å²) in [5.41, 5.74) is 0.378. The zero-order valence-corrected chi connectivity index (χ0v) is 12.0. The Labute approximate surface area is 111 Å². The number of hydrogen-bond acceptors (Lipinski definition) is 2. The average molecular weight is 256 g/mol. The Morgan fingerprint density at radius 3 is 2.50 bits per heavy atom. The van der Waals surface area contributed by atoms with Crippen LogP contribution in [0, 0.1) is 11.3 Å². The normalized spacial score (nSPS) is 18.5. The van der Waals surface area contributed by atoms with Crippen molar-refractivity contribution in [2.45, 2.75) is 59.0 Å². The number of urea groups is 1. The van der Waals surface area contributed by atoms with E-state index in [4.69, 9.17) is 0 Å². The van der Waals surface area contributed by atoms with Crippen LogP contribution < -0.4 is 10.6 Å². The highest BCUT2D eigenvalue weighted by atomic mass is 16.3. The second-order valence-corrected chi connectivity index (χ2v) is 6.10. The maximum absolute atomic E-state index is 11.6. The van der Waals surface area contributed by atoms with Crippen molar-refractivity contribution in [3.05, 3.63) is 0 Å². The molecule has 3 N–H and O–H groups in total. The smallest absolute Gasteiger partial charge is 0.314 e. The minimum atomic E-state index is -0.443. The molecule has 0 aromatic heterocycles. The molecule has 0 heterocycles. The van der Waals surface area contributed by atoms with Crippen LogP contribution in [0.15, 0.2) is 0 Å². The first kappa shape index (κ1) is 15.3. The molecule has 1 aliphatic carbocycles. The van der Waals surface area contributed by atoms with Crippen molar-refractivity contribution in [1.29, 1.82) is 0 Å². The van der Waals surface area contributed by atoms with Crippen LogP contribution in [0.4, 0.5) is 4.79 Å². The average Bonchev–Trinajstić information content (AvgIpc) is 3.04. The van der Waals surface area contributed by atoms with Crippen molar-refractivity contribution >= 4 is 6.03 Å². The molecule has 0 aromatic rings. The lowest BCUT2D eigenvalue weighted by Gasteiger charge is -2.17. The third kappa shape index (κ3) is 5.71. The van der Waals surface area contributed by atoms with Crippen molar-refractivity contribution in [1.82, 2.24) is 10.6 Å². The standard InChI is InChI=1S/C14H28N2O2/c1-4-5-14(6-7-14)10-16-13(18)15-9-12(17)8-11(2)3/h11-12,17H,4-10H2,1-3H3,(H2,15,16,18). The van der Waals surface area contributed by atoms with Crippen molar-refractivity contribution in [3.63, 3.8) is 0 Å². The molecule has 1 saturated carbocycles. The molecule has 1 unspecified atom stereocenters. The molecule has 0 aromatic carbocycles. The molecular weight excluding hydrogens is 228 g/mol. The molecule has 1 rings (SSSR count). The Morgan fingerprint density at radius 1 is 1.33 bits per heavy atom. The van der Waals surface area contributed by atoms with Crippen LogP contribution in [0.1, 0.15) is 52.9 Å². The van der Waals surface area contributed by atoms with E-state index in [2.05, 4.69) is 31.4 Å². The van der Waals surface area contributed by atoms with E-state index in [9.17, 15) is 9.90 Å². The molecule has 106 valence electrons. The highest BCUT2D eigenvalue weighted by Gasteiger charge is 2.41. The SMILES string of the molecule is CCCC1(CNC(=O)NCC(O)CC(C)C)CC1. The highest BCUT2D eigenvalue weighted by Crippen LogP contribution is 2.48. The van der Waals surface area contributed by atoms with E-state index in [0.717, 1.165) is 13.0 Å². The number of carbonyl (C=O) groups is 1. The monoisotopic (exact) mass is 256 g/mol. The number of carbonyl (C=O) groups excluding carboxylic acids is 1. The lowest BCUT2D eigenvalue weighted by molar-refractivity contribution is 0.146. The number of amides is 2. The summed E-state index contributed by atoms with van der Waals surface area (Å²) in [5.74, 6) is 0.448. The summed E-state index contributed by atoms with van der Waals surface area (Å²) < 4.78 is 0. The molecule has 4 nitrogen and oxygen atoms in total. The molecule has 18 heavy (non-hydrogen) atoms. The first-order valence-electron chi connectivity index (χ1n) is 7.17. The Kier molecular flexibility index (Phi) is 5.93. The van der Waals surface area contributed by atoms with E-state index in [1.54, 1.807) is 0 Å². The number of aliphatic hydroxyl groups is 1. The number of aliphatic hydroxyl groups excluding tert-OH is 1. The van der Waals surface area contributed by atoms with Crippen molar-refractivity contribution in [2.24, 2.45) is 11.3 Å². The van der Waals surface area contributed by atoms with E-state index in [-0.39, 0.29) is 6.03 Å².